The highest BCUT2D eigenvalue weighted by Crippen LogP contribution is 2.37. The third-order valence-corrected chi connectivity index (χ3v) is 3.92. The van der Waals surface area contributed by atoms with Crippen LogP contribution in [0.15, 0.2) is 12.1 Å². The van der Waals surface area contributed by atoms with Crippen LogP contribution in [0.1, 0.15) is 54.0 Å². The molecule has 0 bridgehead atoms. The number of alkyl carbamates (subject to hydrolysis) is 1. The molecule has 1 heterocycles. The van der Waals surface area contributed by atoms with Gasteiger partial charge in [-0.1, -0.05) is 0 Å². The van der Waals surface area contributed by atoms with E-state index in [4.69, 9.17) is 14.2 Å². The van der Waals surface area contributed by atoms with Crippen molar-refractivity contribution in [2.75, 3.05) is 29.4 Å². The number of hydrogen-bond donors (Lipinski definition) is 4. The smallest absolute Gasteiger partial charge is 0.412 e. The fraction of sp³-hybridized carbons (Fsp3) is 0.619. The third kappa shape index (κ3) is 8.14. The second kappa shape index (κ2) is 9.61. The Bertz CT molecular complexity index is 801. The summed E-state index contributed by atoms with van der Waals surface area (Å²) >= 11 is 0. The van der Waals surface area contributed by atoms with Crippen molar-refractivity contribution in [2.24, 2.45) is 0 Å². The number of ether oxygens (including phenoxy) is 3. The van der Waals surface area contributed by atoms with Crippen LogP contribution in [0, 0.1) is 0 Å². The van der Waals surface area contributed by atoms with Gasteiger partial charge in [-0.25, -0.2) is 9.59 Å². The van der Waals surface area contributed by atoms with Crippen molar-refractivity contribution < 1.29 is 23.8 Å². The van der Waals surface area contributed by atoms with Crippen molar-refractivity contribution >= 4 is 29.2 Å². The van der Waals surface area contributed by atoms with Crippen molar-refractivity contribution in [1.82, 2.24) is 10.9 Å². The number of carbonyl (C=O) groups is 2. The minimum atomic E-state index is -0.603. The van der Waals surface area contributed by atoms with Gasteiger partial charge in [-0.3, -0.25) is 15.8 Å². The van der Waals surface area contributed by atoms with Gasteiger partial charge in [-0.2, -0.15) is 0 Å². The van der Waals surface area contributed by atoms with E-state index in [2.05, 4.69) is 21.6 Å². The maximum absolute atomic E-state index is 12.2. The number of fused-ring (bicyclic) bond motifs is 1. The average Bonchev–Trinajstić information content (AvgIpc) is 2.92. The number of benzene rings is 1. The molecule has 4 N–H and O–H groups in total. The van der Waals surface area contributed by atoms with Crippen molar-refractivity contribution in [3.8, 4) is 0 Å². The lowest BCUT2D eigenvalue weighted by Gasteiger charge is -2.22. The second-order valence-corrected chi connectivity index (χ2v) is 9.52. The number of nitrogens with zero attached hydrogens (tertiary/aromatic N) is 1. The third-order valence-electron chi connectivity index (χ3n) is 3.92. The predicted molar refractivity (Wildman–Crippen MR) is 120 cm³/mol. The lowest BCUT2D eigenvalue weighted by Crippen LogP contribution is -2.39. The van der Waals surface area contributed by atoms with Gasteiger partial charge in [-0.15, -0.1) is 5.53 Å². The van der Waals surface area contributed by atoms with E-state index in [9.17, 15) is 9.59 Å². The van der Waals surface area contributed by atoms with Crippen LogP contribution in [0.5, 0.6) is 0 Å². The largest absolute Gasteiger partial charge is 0.444 e. The summed E-state index contributed by atoms with van der Waals surface area (Å²) in [5.74, 6) is 0. The van der Waals surface area contributed by atoms with Gasteiger partial charge in [-0.05, 0) is 66.2 Å². The molecule has 1 atom stereocenters. The summed E-state index contributed by atoms with van der Waals surface area (Å²) in [7, 11) is 1.85. The molecule has 0 unspecified atom stereocenters. The molecular weight excluding hydrogens is 402 g/mol. The number of hydrazine groups is 2. The minimum Gasteiger partial charge on any atom is -0.444 e. The Balaban J connectivity index is 1.99. The molecule has 10 heteroatoms. The van der Waals surface area contributed by atoms with Crippen molar-refractivity contribution in [2.45, 2.75) is 72.3 Å². The highest BCUT2D eigenvalue weighted by atomic mass is 16.6. The average molecular weight is 438 g/mol. The zero-order valence-corrected chi connectivity index (χ0v) is 19.6. The van der Waals surface area contributed by atoms with Gasteiger partial charge >= 0.3 is 12.2 Å². The quantitative estimate of drug-likeness (QED) is 0.532. The molecule has 2 amide bonds. The normalized spacial score (nSPS) is 14.4. The lowest BCUT2D eigenvalue weighted by molar-refractivity contribution is 0.0442. The predicted octanol–water partition coefficient (Wildman–Crippen LogP) is 3.74. The highest BCUT2D eigenvalue weighted by Gasteiger charge is 2.23. The van der Waals surface area contributed by atoms with E-state index >= 15 is 0 Å². The van der Waals surface area contributed by atoms with E-state index in [1.165, 1.54) is 0 Å². The molecule has 0 radical (unpaired) electrons. The molecule has 1 aromatic carbocycles. The molecule has 31 heavy (non-hydrogen) atoms. The van der Waals surface area contributed by atoms with E-state index in [-0.39, 0.29) is 6.04 Å². The first-order chi connectivity index (χ1) is 14.2. The molecule has 1 aromatic rings. The highest BCUT2D eigenvalue weighted by molar-refractivity contribution is 5.95. The molecule has 0 aromatic heterocycles. The molecule has 10 nitrogen and oxygen atoms in total. The van der Waals surface area contributed by atoms with Gasteiger partial charge in [0, 0.05) is 7.05 Å². The van der Waals surface area contributed by atoms with Crippen LogP contribution >= 0.6 is 0 Å². The molecule has 0 spiro atoms. The second-order valence-electron chi connectivity index (χ2n) is 9.52. The van der Waals surface area contributed by atoms with Crippen LogP contribution in [0.3, 0.4) is 0 Å². The minimum absolute atomic E-state index is 0.227. The Morgan fingerprint density at radius 3 is 2.29 bits per heavy atom. The Labute approximate surface area is 183 Å². The van der Waals surface area contributed by atoms with Crippen LogP contribution < -0.4 is 26.6 Å². The fourth-order valence-corrected chi connectivity index (χ4v) is 2.78. The van der Waals surface area contributed by atoms with E-state index in [0.717, 1.165) is 16.9 Å². The number of rotatable bonds is 6. The zero-order valence-electron chi connectivity index (χ0n) is 19.6. The molecule has 1 aliphatic rings. The number of hydrogen-bond acceptors (Lipinski definition) is 8. The molecule has 174 valence electrons. The standard InChI is InChI=1S/C21H35N5O5/c1-13(22-18(27)30-20(2,3)4)11-29-12-14-9-15(23-19(28)31-21(5,6)7)17-16(10-14)26(8)25-24-17/h9-10,13,24-25H,11-12H2,1-8H3,(H,22,27)(H,23,28)/t13-/m1/s1. The SMILES string of the molecule is C[C@H](COCc1cc(NC(=O)OC(C)(C)C)c2c(c1)N(C)NN2)NC(=O)OC(C)(C)C. The maximum Gasteiger partial charge on any atom is 0.412 e. The van der Waals surface area contributed by atoms with Gasteiger partial charge in [0.25, 0.3) is 0 Å². The summed E-state index contributed by atoms with van der Waals surface area (Å²) in [6, 6.07) is 3.55. The summed E-state index contributed by atoms with van der Waals surface area (Å²) in [5, 5.41) is 7.33. The van der Waals surface area contributed by atoms with Gasteiger partial charge in [0.15, 0.2) is 0 Å². The summed E-state index contributed by atoms with van der Waals surface area (Å²) < 4.78 is 16.4. The monoisotopic (exact) mass is 437 g/mol. The van der Waals surface area contributed by atoms with Gasteiger partial charge < -0.3 is 19.5 Å². The van der Waals surface area contributed by atoms with E-state index < -0.39 is 23.4 Å². The van der Waals surface area contributed by atoms with Crippen LogP contribution in [-0.2, 0) is 20.8 Å². The summed E-state index contributed by atoms with van der Waals surface area (Å²) in [6.45, 7) is 13.3. The first-order valence-corrected chi connectivity index (χ1v) is 10.2. The first kappa shape index (κ1) is 24.5. The number of anilines is 3. The Hall–Kier alpha value is -2.72. The van der Waals surface area contributed by atoms with Crippen LogP contribution in [0.2, 0.25) is 0 Å². The fourth-order valence-electron chi connectivity index (χ4n) is 2.78. The van der Waals surface area contributed by atoms with Gasteiger partial charge in [0.1, 0.15) is 11.2 Å². The maximum atomic E-state index is 12.2. The molecule has 0 saturated heterocycles. The van der Waals surface area contributed by atoms with Crippen LogP contribution in [-0.4, -0.2) is 43.1 Å². The lowest BCUT2D eigenvalue weighted by atomic mass is 10.1. The molecule has 0 aliphatic carbocycles. The van der Waals surface area contributed by atoms with Crippen molar-refractivity contribution in [3.05, 3.63) is 17.7 Å². The Kier molecular flexibility index (Phi) is 7.61. The number of amides is 2. The Morgan fingerprint density at radius 2 is 1.68 bits per heavy atom. The number of carbonyl (C=O) groups excluding carboxylic acids is 2. The zero-order chi connectivity index (χ0) is 23.4. The molecular formula is C21H35N5O5. The topological polar surface area (TPSA) is 113 Å². The molecule has 2 rings (SSSR count). The number of nitrogens with one attached hydrogen (secondary N) is 4. The summed E-state index contributed by atoms with van der Waals surface area (Å²) in [4.78, 5) is 24.1. The van der Waals surface area contributed by atoms with E-state index in [1.54, 1.807) is 25.8 Å². The first-order valence-electron chi connectivity index (χ1n) is 10.2. The van der Waals surface area contributed by atoms with E-state index in [1.807, 2.05) is 46.9 Å². The van der Waals surface area contributed by atoms with Crippen LogP contribution in [0.25, 0.3) is 0 Å². The molecule has 1 aliphatic heterocycles. The molecule has 0 saturated carbocycles. The van der Waals surface area contributed by atoms with Gasteiger partial charge in [0.05, 0.1) is 36.3 Å². The molecule has 0 fully saturated rings. The van der Waals surface area contributed by atoms with E-state index in [0.29, 0.717) is 18.9 Å². The Morgan fingerprint density at radius 1 is 1.06 bits per heavy atom. The summed E-state index contributed by atoms with van der Waals surface area (Å²) in [6.07, 6.45) is -1.02. The summed E-state index contributed by atoms with van der Waals surface area (Å²) in [5.41, 5.74) is 7.86. The van der Waals surface area contributed by atoms with Crippen molar-refractivity contribution in [3.63, 3.8) is 0 Å². The van der Waals surface area contributed by atoms with Crippen LogP contribution in [0.4, 0.5) is 26.7 Å². The van der Waals surface area contributed by atoms with Gasteiger partial charge in [0.2, 0.25) is 0 Å². The van der Waals surface area contributed by atoms with Crippen molar-refractivity contribution in [1.29, 1.82) is 0 Å².